The molecule has 0 N–H and O–H groups in total. The maximum absolute atomic E-state index is 5.87. The number of nitrogens with zero attached hydrogens (tertiary/aromatic N) is 1. The second-order valence-corrected chi connectivity index (χ2v) is 3.70. The number of fused-ring (bicyclic) bond motifs is 1. The summed E-state index contributed by atoms with van der Waals surface area (Å²) < 4.78 is 5.87. The van der Waals surface area contributed by atoms with Crippen molar-refractivity contribution < 1.29 is 4.74 Å². The summed E-state index contributed by atoms with van der Waals surface area (Å²) >= 11 is 0. The zero-order valence-corrected chi connectivity index (χ0v) is 8.26. The van der Waals surface area contributed by atoms with E-state index in [1.807, 2.05) is 36.7 Å². The molecule has 0 spiro atoms. The third-order valence-electron chi connectivity index (χ3n) is 2.73. The highest BCUT2D eigenvalue weighted by Gasteiger charge is 2.23. The van der Waals surface area contributed by atoms with E-state index in [1.54, 1.807) is 0 Å². The van der Waals surface area contributed by atoms with Crippen molar-refractivity contribution in [3.63, 3.8) is 0 Å². The summed E-state index contributed by atoms with van der Waals surface area (Å²) in [4.78, 5) is 4.01. The molecule has 0 radical (unpaired) electrons. The van der Waals surface area contributed by atoms with Crippen LogP contribution >= 0.6 is 0 Å². The van der Waals surface area contributed by atoms with Crippen LogP contribution < -0.4 is 4.74 Å². The van der Waals surface area contributed by atoms with Gasteiger partial charge in [0.05, 0.1) is 0 Å². The monoisotopic (exact) mass is 197 g/mol. The highest BCUT2D eigenvalue weighted by Crippen LogP contribution is 2.35. The standard InChI is InChI=1S/C13H11NO/c1-2-4-12-11(3-1)9-13(15-12)10-5-7-14-8-6-10/h1-8,13H,9H2. The van der Waals surface area contributed by atoms with Gasteiger partial charge < -0.3 is 4.74 Å². The minimum Gasteiger partial charge on any atom is -0.485 e. The van der Waals surface area contributed by atoms with E-state index in [0.717, 1.165) is 12.2 Å². The summed E-state index contributed by atoms with van der Waals surface area (Å²) in [6, 6.07) is 12.2. The molecule has 0 saturated heterocycles. The van der Waals surface area contributed by atoms with Crippen LogP contribution in [0.5, 0.6) is 5.75 Å². The number of benzene rings is 1. The Balaban J connectivity index is 1.91. The highest BCUT2D eigenvalue weighted by atomic mass is 16.5. The van der Waals surface area contributed by atoms with Crippen LogP contribution in [0.1, 0.15) is 17.2 Å². The summed E-state index contributed by atoms with van der Waals surface area (Å²) in [5.74, 6) is 1.01. The molecule has 0 amide bonds. The molecule has 0 aliphatic carbocycles. The molecule has 1 aromatic carbocycles. The number of hydrogen-bond acceptors (Lipinski definition) is 2. The maximum Gasteiger partial charge on any atom is 0.128 e. The van der Waals surface area contributed by atoms with Gasteiger partial charge in [0.2, 0.25) is 0 Å². The lowest BCUT2D eigenvalue weighted by Gasteiger charge is -2.09. The number of aromatic nitrogens is 1. The van der Waals surface area contributed by atoms with Crippen molar-refractivity contribution in [3.05, 3.63) is 59.9 Å². The van der Waals surface area contributed by atoms with E-state index in [0.29, 0.717) is 0 Å². The molecule has 0 saturated carbocycles. The van der Waals surface area contributed by atoms with Crippen molar-refractivity contribution in [2.24, 2.45) is 0 Å². The number of rotatable bonds is 1. The first-order valence-corrected chi connectivity index (χ1v) is 5.08. The van der Waals surface area contributed by atoms with Gasteiger partial charge in [0, 0.05) is 18.8 Å². The van der Waals surface area contributed by atoms with Crippen LogP contribution in [0, 0.1) is 0 Å². The minimum absolute atomic E-state index is 0.158. The van der Waals surface area contributed by atoms with Crippen molar-refractivity contribution in [2.45, 2.75) is 12.5 Å². The van der Waals surface area contributed by atoms with Gasteiger partial charge in [-0.2, -0.15) is 0 Å². The van der Waals surface area contributed by atoms with Gasteiger partial charge in [-0.05, 0) is 29.3 Å². The number of ether oxygens (including phenoxy) is 1. The van der Waals surface area contributed by atoms with Crippen LogP contribution in [-0.4, -0.2) is 4.98 Å². The number of pyridine rings is 1. The van der Waals surface area contributed by atoms with E-state index in [9.17, 15) is 0 Å². The first-order valence-electron chi connectivity index (χ1n) is 5.08. The zero-order valence-electron chi connectivity index (χ0n) is 8.26. The molecule has 15 heavy (non-hydrogen) atoms. The van der Waals surface area contributed by atoms with E-state index in [-0.39, 0.29) is 6.10 Å². The Morgan fingerprint density at radius 3 is 2.67 bits per heavy atom. The predicted molar refractivity (Wildman–Crippen MR) is 57.8 cm³/mol. The molecule has 74 valence electrons. The van der Waals surface area contributed by atoms with Gasteiger partial charge in [-0.15, -0.1) is 0 Å². The number of para-hydroxylation sites is 1. The molecule has 3 rings (SSSR count). The Kier molecular flexibility index (Phi) is 1.91. The minimum atomic E-state index is 0.158. The van der Waals surface area contributed by atoms with Gasteiger partial charge in [0.25, 0.3) is 0 Å². The molecule has 1 aliphatic heterocycles. The average Bonchev–Trinajstić information content (AvgIpc) is 2.74. The first-order chi connectivity index (χ1) is 7.43. The van der Waals surface area contributed by atoms with Crippen molar-refractivity contribution in [2.75, 3.05) is 0 Å². The van der Waals surface area contributed by atoms with Crippen LogP contribution in [0.2, 0.25) is 0 Å². The second kappa shape index (κ2) is 3.39. The van der Waals surface area contributed by atoms with E-state index in [1.165, 1.54) is 11.1 Å². The molecule has 2 nitrogen and oxygen atoms in total. The fraction of sp³-hybridized carbons (Fsp3) is 0.154. The average molecular weight is 197 g/mol. The quantitative estimate of drug-likeness (QED) is 0.701. The lowest BCUT2D eigenvalue weighted by molar-refractivity contribution is 0.238. The summed E-state index contributed by atoms with van der Waals surface area (Å²) in [7, 11) is 0. The van der Waals surface area contributed by atoms with Gasteiger partial charge in [0.1, 0.15) is 11.9 Å². The smallest absolute Gasteiger partial charge is 0.128 e. The zero-order chi connectivity index (χ0) is 10.1. The van der Waals surface area contributed by atoms with Gasteiger partial charge in [0.15, 0.2) is 0 Å². The lowest BCUT2D eigenvalue weighted by Crippen LogP contribution is -2.02. The van der Waals surface area contributed by atoms with Crippen LogP contribution in [0.4, 0.5) is 0 Å². The largest absolute Gasteiger partial charge is 0.485 e. The topological polar surface area (TPSA) is 22.1 Å². The summed E-state index contributed by atoms with van der Waals surface area (Å²) in [6.07, 6.45) is 4.73. The summed E-state index contributed by atoms with van der Waals surface area (Å²) in [5, 5.41) is 0. The van der Waals surface area contributed by atoms with E-state index in [4.69, 9.17) is 4.74 Å². The van der Waals surface area contributed by atoms with Gasteiger partial charge >= 0.3 is 0 Å². The van der Waals surface area contributed by atoms with Gasteiger partial charge in [-0.1, -0.05) is 18.2 Å². The fourth-order valence-electron chi connectivity index (χ4n) is 1.95. The second-order valence-electron chi connectivity index (χ2n) is 3.70. The Hall–Kier alpha value is -1.83. The van der Waals surface area contributed by atoms with E-state index >= 15 is 0 Å². The Labute approximate surface area is 88.5 Å². The highest BCUT2D eigenvalue weighted by molar-refractivity contribution is 5.39. The Morgan fingerprint density at radius 2 is 1.87 bits per heavy atom. The summed E-state index contributed by atoms with van der Waals surface area (Å²) in [5.41, 5.74) is 2.49. The molecule has 2 heteroatoms. The molecular formula is C13H11NO. The van der Waals surface area contributed by atoms with Gasteiger partial charge in [-0.3, -0.25) is 4.98 Å². The molecule has 2 aromatic rings. The molecule has 1 aliphatic rings. The van der Waals surface area contributed by atoms with Crippen LogP contribution in [0.3, 0.4) is 0 Å². The summed E-state index contributed by atoms with van der Waals surface area (Å²) in [6.45, 7) is 0. The molecule has 1 atom stereocenters. The first kappa shape index (κ1) is 8.48. The van der Waals surface area contributed by atoms with Crippen molar-refractivity contribution >= 4 is 0 Å². The SMILES string of the molecule is c1ccc2c(c1)CC(c1ccncc1)O2. The molecule has 1 aromatic heterocycles. The molecular weight excluding hydrogens is 186 g/mol. The third kappa shape index (κ3) is 1.48. The molecule has 2 heterocycles. The van der Waals surface area contributed by atoms with Crippen molar-refractivity contribution in [1.82, 2.24) is 4.98 Å². The van der Waals surface area contributed by atoms with Crippen LogP contribution in [0.15, 0.2) is 48.8 Å². The van der Waals surface area contributed by atoms with E-state index in [2.05, 4.69) is 17.1 Å². The van der Waals surface area contributed by atoms with Gasteiger partial charge in [-0.25, -0.2) is 0 Å². The van der Waals surface area contributed by atoms with Crippen molar-refractivity contribution in [3.8, 4) is 5.75 Å². The Bertz CT molecular complexity index is 442. The molecule has 0 fully saturated rings. The normalized spacial score (nSPS) is 18.3. The fourth-order valence-corrected chi connectivity index (χ4v) is 1.95. The molecule has 0 bridgehead atoms. The van der Waals surface area contributed by atoms with Crippen molar-refractivity contribution in [1.29, 1.82) is 0 Å². The number of hydrogen-bond donors (Lipinski definition) is 0. The van der Waals surface area contributed by atoms with E-state index < -0.39 is 0 Å². The predicted octanol–water partition coefficient (Wildman–Crippen LogP) is 2.76. The van der Waals surface area contributed by atoms with Crippen LogP contribution in [-0.2, 0) is 6.42 Å². The Morgan fingerprint density at radius 1 is 1.07 bits per heavy atom. The third-order valence-corrected chi connectivity index (χ3v) is 2.73. The molecule has 1 unspecified atom stereocenters. The lowest BCUT2D eigenvalue weighted by atomic mass is 10.1. The maximum atomic E-state index is 5.87. The van der Waals surface area contributed by atoms with Crippen LogP contribution in [0.25, 0.3) is 0 Å².